The Hall–Kier alpha value is -3.92. The van der Waals surface area contributed by atoms with Crippen molar-refractivity contribution in [3.05, 3.63) is 69.8 Å². The second kappa shape index (κ2) is 9.06. The number of para-hydroxylation sites is 1. The number of aromatic nitrogens is 3. The zero-order chi connectivity index (χ0) is 22.7. The molecule has 2 heterocycles. The van der Waals surface area contributed by atoms with E-state index in [1.54, 1.807) is 35.7 Å². The fourth-order valence-electron chi connectivity index (χ4n) is 3.13. The van der Waals surface area contributed by atoms with Crippen molar-refractivity contribution in [2.24, 2.45) is 0 Å². The lowest BCUT2D eigenvalue weighted by atomic mass is 10.1. The summed E-state index contributed by atoms with van der Waals surface area (Å²) in [5.41, 5.74) is 1.30. The standard InChI is InChI=1S/C22H18FN5O3S/c1-12(29)24-13-6-7-14(16(23)10-13)18-11-32-22(26-18)28-20(30)9-8-19-25-17-5-3-2-4-15(17)21(31)27-19/h2-7,10-11H,8-9H2,1H3,(H,24,29)(H,25,27,31)(H,26,28,30). The number of aryl methyl sites for hydroxylation is 1. The average molecular weight is 451 g/mol. The Bertz CT molecular complexity index is 1380. The number of anilines is 2. The van der Waals surface area contributed by atoms with Gasteiger partial charge in [-0.05, 0) is 30.3 Å². The van der Waals surface area contributed by atoms with Crippen LogP contribution in [0.15, 0.2) is 52.6 Å². The predicted molar refractivity (Wildman–Crippen MR) is 121 cm³/mol. The van der Waals surface area contributed by atoms with E-state index in [1.807, 2.05) is 0 Å². The monoisotopic (exact) mass is 451 g/mol. The van der Waals surface area contributed by atoms with E-state index in [2.05, 4.69) is 25.6 Å². The molecule has 2 aromatic heterocycles. The minimum absolute atomic E-state index is 0.0932. The molecule has 0 fully saturated rings. The van der Waals surface area contributed by atoms with Gasteiger partial charge in [-0.3, -0.25) is 14.4 Å². The van der Waals surface area contributed by atoms with E-state index >= 15 is 0 Å². The van der Waals surface area contributed by atoms with E-state index in [4.69, 9.17) is 0 Å². The number of nitrogens with zero attached hydrogens (tertiary/aromatic N) is 2. The lowest BCUT2D eigenvalue weighted by Crippen LogP contribution is -2.16. The maximum Gasteiger partial charge on any atom is 0.258 e. The van der Waals surface area contributed by atoms with Crippen molar-refractivity contribution in [2.45, 2.75) is 19.8 Å². The van der Waals surface area contributed by atoms with Gasteiger partial charge in [0.05, 0.1) is 16.6 Å². The summed E-state index contributed by atoms with van der Waals surface area (Å²) >= 11 is 1.17. The van der Waals surface area contributed by atoms with Gasteiger partial charge in [0, 0.05) is 36.4 Å². The quantitative estimate of drug-likeness (QED) is 0.413. The smallest absolute Gasteiger partial charge is 0.258 e. The van der Waals surface area contributed by atoms with Gasteiger partial charge in [-0.15, -0.1) is 11.3 Å². The molecular weight excluding hydrogens is 433 g/mol. The van der Waals surface area contributed by atoms with Crippen LogP contribution in [-0.4, -0.2) is 26.8 Å². The van der Waals surface area contributed by atoms with Gasteiger partial charge in [0.1, 0.15) is 11.6 Å². The number of nitrogens with one attached hydrogen (secondary N) is 3. The van der Waals surface area contributed by atoms with E-state index in [1.165, 1.54) is 30.4 Å². The highest BCUT2D eigenvalue weighted by molar-refractivity contribution is 7.14. The second-order valence-electron chi connectivity index (χ2n) is 6.99. The summed E-state index contributed by atoms with van der Waals surface area (Å²) in [6.07, 6.45) is 0.347. The molecule has 4 aromatic rings. The van der Waals surface area contributed by atoms with Gasteiger partial charge in [-0.2, -0.15) is 0 Å². The lowest BCUT2D eigenvalue weighted by molar-refractivity contribution is -0.116. The highest BCUT2D eigenvalue weighted by Crippen LogP contribution is 2.28. The molecule has 0 atom stereocenters. The molecule has 2 amide bonds. The zero-order valence-corrected chi connectivity index (χ0v) is 17.8. The number of fused-ring (bicyclic) bond motifs is 1. The molecule has 162 valence electrons. The van der Waals surface area contributed by atoms with E-state index in [9.17, 15) is 18.8 Å². The third-order valence-electron chi connectivity index (χ3n) is 4.57. The van der Waals surface area contributed by atoms with Gasteiger partial charge < -0.3 is 15.6 Å². The Morgan fingerprint density at radius 3 is 2.72 bits per heavy atom. The number of hydrogen-bond donors (Lipinski definition) is 3. The molecule has 0 bridgehead atoms. The number of aromatic amines is 1. The molecule has 10 heteroatoms. The Kier molecular flexibility index (Phi) is 6.04. The number of halogens is 1. The maximum absolute atomic E-state index is 14.4. The molecule has 0 saturated carbocycles. The SMILES string of the molecule is CC(=O)Nc1ccc(-c2csc(NC(=O)CCc3nc4ccccc4c(=O)[nH]3)n2)c(F)c1. The Balaban J connectivity index is 1.40. The number of carbonyl (C=O) groups excluding carboxylic acids is 2. The van der Waals surface area contributed by atoms with E-state index in [-0.39, 0.29) is 35.8 Å². The van der Waals surface area contributed by atoms with Crippen molar-refractivity contribution in [3.8, 4) is 11.3 Å². The number of benzene rings is 2. The van der Waals surface area contributed by atoms with Crippen molar-refractivity contribution in [3.63, 3.8) is 0 Å². The number of amides is 2. The molecule has 32 heavy (non-hydrogen) atoms. The number of carbonyl (C=O) groups is 2. The van der Waals surface area contributed by atoms with Gasteiger partial charge in [0.25, 0.3) is 5.56 Å². The minimum atomic E-state index is -0.536. The van der Waals surface area contributed by atoms with E-state index in [0.717, 1.165) is 0 Å². The molecule has 0 saturated heterocycles. The van der Waals surface area contributed by atoms with Crippen LogP contribution in [0, 0.1) is 5.82 Å². The topological polar surface area (TPSA) is 117 Å². The summed E-state index contributed by atoms with van der Waals surface area (Å²) in [6, 6.07) is 11.3. The lowest BCUT2D eigenvalue weighted by Gasteiger charge is -2.05. The highest BCUT2D eigenvalue weighted by Gasteiger charge is 2.13. The van der Waals surface area contributed by atoms with Gasteiger partial charge >= 0.3 is 0 Å². The average Bonchev–Trinajstić information content (AvgIpc) is 3.20. The van der Waals surface area contributed by atoms with Gasteiger partial charge in [-0.1, -0.05) is 12.1 Å². The third-order valence-corrected chi connectivity index (χ3v) is 5.32. The third kappa shape index (κ3) is 4.86. The van der Waals surface area contributed by atoms with Crippen LogP contribution in [0.4, 0.5) is 15.2 Å². The van der Waals surface area contributed by atoms with E-state index in [0.29, 0.717) is 33.2 Å². The van der Waals surface area contributed by atoms with Crippen LogP contribution in [-0.2, 0) is 16.0 Å². The molecule has 0 radical (unpaired) electrons. The number of H-pyrrole nitrogens is 1. The molecular formula is C22H18FN5O3S. The Morgan fingerprint density at radius 2 is 1.94 bits per heavy atom. The van der Waals surface area contributed by atoms with Crippen LogP contribution in [0.5, 0.6) is 0 Å². The minimum Gasteiger partial charge on any atom is -0.326 e. The first-order valence-corrected chi connectivity index (χ1v) is 10.6. The Morgan fingerprint density at radius 1 is 1.12 bits per heavy atom. The van der Waals surface area contributed by atoms with Crippen molar-refractivity contribution in [2.75, 3.05) is 10.6 Å². The van der Waals surface area contributed by atoms with Crippen LogP contribution in [0.2, 0.25) is 0 Å². The first kappa shape index (κ1) is 21.3. The molecule has 0 aliphatic carbocycles. The van der Waals surface area contributed by atoms with Gasteiger partial charge in [0.2, 0.25) is 11.8 Å². The van der Waals surface area contributed by atoms with E-state index < -0.39 is 5.82 Å². The maximum atomic E-state index is 14.4. The summed E-state index contributed by atoms with van der Waals surface area (Å²) in [7, 11) is 0. The molecule has 0 unspecified atom stereocenters. The first-order valence-electron chi connectivity index (χ1n) is 9.70. The van der Waals surface area contributed by atoms with Crippen molar-refractivity contribution >= 4 is 44.9 Å². The van der Waals surface area contributed by atoms with Crippen molar-refractivity contribution < 1.29 is 14.0 Å². The van der Waals surface area contributed by atoms with Crippen LogP contribution >= 0.6 is 11.3 Å². The summed E-state index contributed by atoms with van der Waals surface area (Å²) in [5.74, 6) is -0.710. The van der Waals surface area contributed by atoms with Gasteiger partial charge in [-0.25, -0.2) is 14.4 Å². The molecule has 8 nitrogen and oxygen atoms in total. The number of hydrogen-bond acceptors (Lipinski definition) is 6. The molecule has 4 rings (SSSR count). The van der Waals surface area contributed by atoms with Gasteiger partial charge in [0.15, 0.2) is 5.13 Å². The van der Waals surface area contributed by atoms with Crippen LogP contribution in [0.1, 0.15) is 19.2 Å². The highest BCUT2D eigenvalue weighted by atomic mass is 32.1. The molecule has 0 spiro atoms. The van der Waals surface area contributed by atoms with Crippen LogP contribution < -0.4 is 16.2 Å². The Labute approximate surface area is 185 Å². The summed E-state index contributed by atoms with van der Waals surface area (Å²) in [6.45, 7) is 1.34. The summed E-state index contributed by atoms with van der Waals surface area (Å²) in [4.78, 5) is 46.9. The second-order valence-corrected chi connectivity index (χ2v) is 7.85. The predicted octanol–water partition coefficient (Wildman–Crippen LogP) is 3.72. The molecule has 2 aromatic carbocycles. The number of rotatable bonds is 6. The molecule has 3 N–H and O–H groups in total. The van der Waals surface area contributed by atoms with Crippen LogP contribution in [0.3, 0.4) is 0 Å². The zero-order valence-electron chi connectivity index (χ0n) is 16.9. The first-order chi connectivity index (χ1) is 15.4. The summed E-state index contributed by atoms with van der Waals surface area (Å²) in [5, 5.41) is 7.65. The fourth-order valence-corrected chi connectivity index (χ4v) is 3.85. The van der Waals surface area contributed by atoms with Crippen LogP contribution in [0.25, 0.3) is 22.2 Å². The van der Waals surface area contributed by atoms with Crippen molar-refractivity contribution in [1.82, 2.24) is 15.0 Å². The molecule has 0 aliphatic heterocycles. The normalized spacial score (nSPS) is 10.8. The largest absolute Gasteiger partial charge is 0.326 e. The molecule has 0 aliphatic rings. The van der Waals surface area contributed by atoms with Crippen molar-refractivity contribution in [1.29, 1.82) is 0 Å². The number of thiazole rings is 1. The summed E-state index contributed by atoms with van der Waals surface area (Å²) < 4.78 is 14.4. The fraction of sp³-hybridized carbons (Fsp3) is 0.136.